The Labute approximate surface area is 442 Å². The minimum Gasteiger partial charge on any atom is -0.365 e. The largest absolute Gasteiger partial charge is 0.365 e. The van der Waals surface area contributed by atoms with Crippen LogP contribution in [0.15, 0.2) is 255 Å². The molecule has 12 unspecified atom stereocenters. The summed E-state index contributed by atoms with van der Waals surface area (Å²) in [7, 11) is 0. The molecule has 4 fully saturated rings. The van der Waals surface area contributed by atoms with Crippen LogP contribution in [-0.2, 0) is 40.7 Å². The molecule has 17 rings (SSSR count). The van der Waals surface area contributed by atoms with Crippen LogP contribution in [0.25, 0.3) is 22.3 Å². The molecular weight excluding hydrogens is 929 g/mol. The predicted molar refractivity (Wildman–Crippen MR) is 295 cm³/mol. The van der Waals surface area contributed by atoms with Crippen molar-refractivity contribution in [3.05, 3.63) is 322 Å². The summed E-state index contributed by atoms with van der Waals surface area (Å²) in [5.41, 5.74) is 13.0. The van der Waals surface area contributed by atoms with E-state index in [1.54, 1.807) is 0 Å². The minimum absolute atomic E-state index is 0.227. The quantitative estimate of drug-likeness (QED) is 0.152. The number of Topliss-reactive ketones (excluding diaryl/α,β-unsaturated/α-hetero) is 2. The molecule has 4 aliphatic carbocycles. The Hall–Kier alpha value is -8.28. The molecule has 0 spiro atoms. The fourth-order valence-electron chi connectivity index (χ4n) is 17.8. The van der Waals surface area contributed by atoms with Gasteiger partial charge in [0, 0.05) is 23.7 Å². The number of hydrogen-bond donors (Lipinski definition) is 0. The SMILES string of the molecule is O=C1C2(c3ccccc3)C(c3ccccc3)=C(c3ccccc3)C1(c1ccccc1)C1C3OC(c4cc5c(cc43)C3OC5C4C3C3(c5ccccc5)C(=O)C4(c4ccccc4)C(c4ccccc4)=C3c3ccccc3)C12. The molecule has 0 aromatic heterocycles. The number of carbonyl (C=O) groups is 2. The van der Waals surface area contributed by atoms with Gasteiger partial charge in [-0.15, -0.1) is 0 Å². The topological polar surface area (TPSA) is 52.6 Å². The summed E-state index contributed by atoms with van der Waals surface area (Å²) < 4.78 is 15.4. The maximum Gasteiger partial charge on any atom is 0.163 e. The van der Waals surface area contributed by atoms with Crippen LogP contribution in [0.4, 0.5) is 0 Å². The summed E-state index contributed by atoms with van der Waals surface area (Å²) in [4.78, 5) is 34.2. The highest BCUT2D eigenvalue weighted by Crippen LogP contribution is 2.84. The molecule has 9 aromatic rings. The predicted octanol–water partition coefficient (Wildman–Crippen LogP) is 14.6. The third-order valence-electron chi connectivity index (χ3n) is 19.9. The number of hydrogen-bond acceptors (Lipinski definition) is 4. The Kier molecular flexibility index (Phi) is 8.60. The van der Waals surface area contributed by atoms with Crippen molar-refractivity contribution in [1.29, 1.82) is 0 Å². The van der Waals surface area contributed by atoms with Gasteiger partial charge in [-0.25, -0.2) is 0 Å². The second-order valence-electron chi connectivity index (χ2n) is 22.5. The first-order chi connectivity index (χ1) is 37.6. The van der Waals surface area contributed by atoms with Gasteiger partial charge >= 0.3 is 0 Å². The van der Waals surface area contributed by atoms with E-state index in [-0.39, 0.29) is 59.7 Å². The van der Waals surface area contributed by atoms with Crippen LogP contribution in [-0.4, -0.2) is 11.6 Å². The Bertz CT molecular complexity index is 3440. The summed E-state index contributed by atoms with van der Waals surface area (Å²) in [6, 6.07) is 90.1. The third kappa shape index (κ3) is 4.79. The molecule has 0 radical (unpaired) electrons. The van der Waals surface area contributed by atoms with E-state index in [0.29, 0.717) is 0 Å². The Balaban J connectivity index is 0.929. The lowest BCUT2D eigenvalue weighted by Gasteiger charge is -2.46. The normalized spacial score (nSPS) is 32.3. The van der Waals surface area contributed by atoms with E-state index in [9.17, 15) is 0 Å². The minimum atomic E-state index is -1.05. The van der Waals surface area contributed by atoms with E-state index < -0.39 is 21.7 Å². The zero-order valence-corrected chi connectivity index (χ0v) is 41.5. The first-order valence-electron chi connectivity index (χ1n) is 27.1. The molecule has 4 aliphatic heterocycles. The molecule has 4 heterocycles. The molecule has 0 N–H and O–H groups in total. The zero-order chi connectivity index (χ0) is 50.1. The molecular formula is C72H50O4. The standard InChI is InChI=1S/C72H50O4/c73-67-69(47-33-17-5-18-34-47)55(43-25-9-1-10-26-43)56(44-27-11-2-12-28-44)70(67,48-35-19-6-20-36-48)60-59(69)63-51-41-53-54(42-52(51)64(60)75-63)66-62-61(65(53)76-66)71(49-37-21-7-22-38-49)57(45-29-13-3-14-30-45)58(46-31-15-4-16-32-46)72(62,68(71)74)50-39-23-8-24-40-50/h1-42,59-66H. The van der Waals surface area contributed by atoms with Gasteiger partial charge in [-0.3, -0.25) is 9.59 Å². The van der Waals surface area contributed by atoms with Crippen molar-refractivity contribution in [3.63, 3.8) is 0 Å². The number of ether oxygens (including phenoxy) is 2. The van der Waals surface area contributed by atoms with E-state index in [4.69, 9.17) is 9.47 Å². The number of ketones is 2. The number of fused-ring (bicyclic) bond motifs is 24. The fourth-order valence-corrected chi connectivity index (χ4v) is 17.8. The molecule has 2 saturated carbocycles. The molecule has 362 valence electrons. The highest BCUT2D eigenvalue weighted by Gasteiger charge is 2.85. The number of allylic oxidation sites excluding steroid dienone is 4. The van der Waals surface area contributed by atoms with Gasteiger partial charge in [0.25, 0.3) is 0 Å². The summed E-state index contributed by atoms with van der Waals surface area (Å²) >= 11 is 0. The molecule has 4 nitrogen and oxygen atoms in total. The van der Waals surface area contributed by atoms with Crippen molar-refractivity contribution in [2.75, 3.05) is 0 Å². The van der Waals surface area contributed by atoms with Crippen molar-refractivity contribution in [2.24, 2.45) is 23.7 Å². The van der Waals surface area contributed by atoms with Gasteiger partial charge in [0.05, 0.1) is 46.1 Å². The van der Waals surface area contributed by atoms with Gasteiger partial charge in [-0.1, -0.05) is 243 Å². The van der Waals surface area contributed by atoms with Gasteiger partial charge < -0.3 is 9.47 Å². The van der Waals surface area contributed by atoms with Gasteiger partial charge in [-0.05, 0) is 101 Å². The first kappa shape index (κ1) is 43.0. The van der Waals surface area contributed by atoms with Crippen LogP contribution in [0.3, 0.4) is 0 Å². The van der Waals surface area contributed by atoms with Gasteiger partial charge in [0.2, 0.25) is 0 Å². The molecule has 8 aliphatic rings. The summed E-state index contributed by atoms with van der Waals surface area (Å²) in [6.45, 7) is 0. The summed E-state index contributed by atoms with van der Waals surface area (Å²) in [5, 5.41) is 0. The monoisotopic (exact) mass is 978 g/mol. The van der Waals surface area contributed by atoms with Crippen molar-refractivity contribution in [2.45, 2.75) is 46.1 Å². The van der Waals surface area contributed by atoms with E-state index in [1.165, 1.54) is 0 Å². The zero-order valence-electron chi connectivity index (χ0n) is 41.5. The van der Waals surface area contributed by atoms with Crippen molar-refractivity contribution >= 4 is 33.9 Å². The van der Waals surface area contributed by atoms with E-state index in [1.807, 2.05) is 0 Å². The molecule has 9 aromatic carbocycles. The lowest BCUT2D eigenvalue weighted by atomic mass is 9.52. The van der Waals surface area contributed by atoms with E-state index >= 15 is 9.59 Å². The highest BCUT2D eigenvalue weighted by atomic mass is 16.5. The van der Waals surface area contributed by atoms with Gasteiger partial charge in [-0.2, -0.15) is 0 Å². The van der Waals surface area contributed by atoms with Crippen LogP contribution >= 0.6 is 0 Å². The van der Waals surface area contributed by atoms with Crippen LogP contribution < -0.4 is 0 Å². The Morgan fingerprint density at radius 1 is 0.250 bits per heavy atom. The highest BCUT2D eigenvalue weighted by molar-refractivity contribution is 6.31. The molecule has 4 heteroatoms. The number of rotatable bonds is 8. The maximum absolute atomic E-state index is 17.1. The number of carbonyl (C=O) groups excluding carboxylic acids is 2. The summed E-state index contributed by atoms with van der Waals surface area (Å²) in [6.07, 6.45) is -1.55. The molecule has 76 heavy (non-hydrogen) atoms. The summed E-state index contributed by atoms with van der Waals surface area (Å²) in [5.74, 6) is -0.436. The Morgan fingerprint density at radius 2 is 0.434 bits per heavy atom. The van der Waals surface area contributed by atoms with Crippen molar-refractivity contribution in [1.82, 2.24) is 0 Å². The molecule has 8 bridgehead atoms. The van der Waals surface area contributed by atoms with Gasteiger partial charge in [0.15, 0.2) is 11.6 Å². The van der Waals surface area contributed by atoms with Gasteiger partial charge in [0.1, 0.15) is 0 Å². The van der Waals surface area contributed by atoms with Crippen molar-refractivity contribution < 1.29 is 19.1 Å². The average molecular weight is 979 g/mol. The Morgan fingerprint density at radius 3 is 0.632 bits per heavy atom. The third-order valence-corrected chi connectivity index (χ3v) is 19.9. The average Bonchev–Trinajstić information content (AvgIpc) is 4.15. The smallest absolute Gasteiger partial charge is 0.163 e. The second-order valence-corrected chi connectivity index (χ2v) is 22.5. The maximum atomic E-state index is 17.1. The lowest BCUT2D eigenvalue weighted by Crippen LogP contribution is -2.43. The molecule has 12 atom stereocenters. The first-order valence-corrected chi connectivity index (χ1v) is 27.1. The van der Waals surface area contributed by atoms with E-state index in [0.717, 1.165) is 89.1 Å². The van der Waals surface area contributed by atoms with Crippen LogP contribution in [0.1, 0.15) is 91.2 Å². The van der Waals surface area contributed by atoms with Crippen molar-refractivity contribution in [3.8, 4) is 0 Å². The fraction of sp³-hybridized carbons (Fsp3) is 0.167. The van der Waals surface area contributed by atoms with Crippen LogP contribution in [0.2, 0.25) is 0 Å². The number of benzene rings is 9. The van der Waals surface area contributed by atoms with Crippen LogP contribution in [0.5, 0.6) is 0 Å². The molecule has 2 saturated heterocycles. The van der Waals surface area contributed by atoms with Crippen LogP contribution in [0, 0.1) is 23.7 Å². The molecule has 0 amide bonds. The second kappa shape index (κ2) is 15.2. The lowest BCUT2D eigenvalue weighted by molar-refractivity contribution is -0.126. The van der Waals surface area contributed by atoms with E-state index in [2.05, 4.69) is 255 Å².